The van der Waals surface area contributed by atoms with Crippen molar-refractivity contribution in [3.63, 3.8) is 0 Å². The average Bonchev–Trinajstić information content (AvgIpc) is 3.23. The molecule has 1 fully saturated rings. The highest BCUT2D eigenvalue weighted by Crippen LogP contribution is 2.33. The summed E-state index contributed by atoms with van der Waals surface area (Å²) in [7, 11) is 0. The summed E-state index contributed by atoms with van der Waals surface area (Å²) in [6.07, 6.45) is 1.87. The van der Waals surface area contributed by atoms with Gasteiger partial charge in [-0.3, -0.25) is 4.79 Å². The fourth-order valence-electron chi connectivity index (χ4n) is 2.74. The number of carbonyl (C=O) groups excluding carboxylic acids is 1. The molecule has 1 aromatic carbocycles. The van der Waals surface area contributed by atoms with Gasteiger partial charge in [-0.15, -0.1) is 0 Å². The molecule has 1 amide bonds. The lowest BCUT2D eigenvalue weighted by molar-refractivity contribution is 0.0730. The molecule has 0 spiro atoms. The number of nitrogens with zero attached hydrogens (tertiary/aromatic N) is 2. The Kier molecular flexibility index (Phi) is 5.28. The van der Waals surface area contributed by atoms with Crippen molar-refractivity contribution in [1.29, 1.82) is 0 Å². The fraction of sp³-hybridized carbons (Fsp3) is 0.375. The molecular weight excluding hydrogens is 353 g/mol. The van der Waals surface area contributed by atoms with E-state index in [4.69, 9.17) is 38.2 Å². The van der Waals surface area contributed by atoms with E-state index in [0.29, 0.717) is 34.6 Å². The van der Waals surface area contributed by atoms with Crippen LogP contribution >= 0.6 is 23.2 Å². The summed E-state index contributed by atoms with van der Waals surface area (Å²) < 4.78 is 10.7. The van der Waals surface area contributed by atoms with E-state index in [1.807, 2.05) is 0 Å². The number of hydrogen-bond acceptors (Lipinski definition) is 5. The number of para-hydroxylation sites is 1. The molecule has 2 aromatic rings. The lowest BCUT2D eigenvalue weighted by Gasteiger charge is -2.21. The number of aromatic nitrogens is 1. The molecule has 24 heavy (non-hydrogen) atoms. The van der Waals surface area contributed by atoms with Crippen LogP contribution < -0.4 is 10.5 Å². The van der Waals surface area contributed by atoms with Gasteiger partial charge in [0.15, 0.2) is 17.2 Å². The molecule has 0 radical (unpaired) electrons. The van der Waals surface area contributed by atoms with Crippen molar-refractivity contribution in [2.45, 2.75) is 25.5 Å². The zero-order valence-electron chi connectivity index (χ0n) is 12.9. The maximum Gasteiger partial charge on any atom is 0.276 e. The van der Waals surface area contributed by atoms with Gasteiger partial charge in [0, 0.05) is 25.2 Å². The number of rotatable bonds is 5. The monoisotopic (exact) mass is 369 g/mol. The smallest absolute Gasteiger partial charge is 0.276 e. The molecule has 1 aliphatic rings. The maximum atomic E-state index is 12.5. The molecule has 0 saturated carbocycles. The van der Waals surface area contributed by atoms with Crippen LogP contribution in [0, 0.1) is 0 Å². The lowest BCUT2D eigenvalue weighted by atomic mass is 10.2. The molecule has 2 N–H and O–H groups in total. The predicted molar refractivity (Wildman–Crippen MR) is 90.4 cm³/mol. The molecule has 1 aromatic heterocycles. The van der Waals surface area contributed by atoms with Crippen LogP contribution in [0.3, 0.4) is 0 Å². The summed E-state index contributed by atoms with van der Waals surface area (Å²) in [6.45, 7) is 1.21. The van der Waals surface area contributed by atoms with Crippen LogP contribution in [0.15, 0.2) is 28.8 Å². The molecule has 1 unspecified atom stereocenters. The Morgan fingerprint density at radius 1 is 1.42 bits per heavy atom. The standard InChI is InChI=1S/C16H17Cl2N3O3/c17-12-4-1-5-13(18)15(12)23-9-11-7-14(20-24-11)16(22)21-6-2-3-10(21)8-19/h1,4-5,7,10H,2-3,6,8-9,19H2. The Bertz CT molecular complexity index is 715. The van der Waals surface area contributed by atoms with Crippen molar-refractivity contribution < 1.29 is 14.1 Å². The van der Waals surface area contributed by atoms with Crippen molar-refractivity contribution in [2.24, 2.45) is 5.73 Å². The van der Waals surface area contributed by atoms with Crippen molar-refractivity contribution in [3.05, 3.63) is 45.8 Å². The fourth-order valence-corrected chi connectivity index (χ4v) is 3.25. The summed E-state index contributed by atoms with van der Waals surface area (Å²) in [5.41, 5.74) is 5.95. The van der Waals surface area contributed by atoms with Gasteiger partial charge in [0.05, 0.1) is 10.0 Å². The van der Waals surface area contributed by atoms with E-state index < -0.39 is 0 Å². The zero-order chi connectivity index (χ0) is 17.1. The number of carbonyl (C=O) groups is 1. The molecule has 1 atom stereocenters. The quantitative estimate of drug-likeness (QED) is 0.875. The molecule has 0 bridgehead atoms. The zero-order valence-corrected chi connectivity index (χ0v) is 14.4. The van der Waals surface area contributed by atoms with Gasteiger partial charge in [-0.25, -0.2) is 0 Å². The summed E-state index contributed by atoms with van der Waals surface area (Å²) in [6, 6.07) is 6.72. The lowest BCUT2D eigenvalue weighted by Crippen LogP contribution is -2.40. The molecule has 8 heteroatoms. The third kappa shape index (κ3) is 3.50. The van der Waals surface area contributed by atoms with Gasteiger partial charge in [0.25, 0.3) is 5.91 Å². The Hall–Kier alpha value is -1.76. The predicted octanol–water partition coefficient (Wildman–Crippen LogP) is 3.12. The van der Waals surface area contributed by atoms with Crippen molar-refractivity contribution in [1.82, 2.24) is 10.1 Å². The first-order chi connectivity index (χ1) is 11.6. The maximum absolute atomic E-state index is 12.5. The van der Waals surface area contributed by atoms with Crippen LogP contribution in [0.5, 0.6) is 5.75 Å². The number of benzene rings is 1. The minimum atomic E-state index is -0.172. The van der Waals surface area contributed by atoms with Crippen molar-refractivity contribution >= 4 is 29.1 Å². The summed E-state index contributed by atoms with van der Waals surface area (Å²) >= 11 is 12.1. The van der Waals surface area contributed by atoms with E-state index in [9.17, 15) is 4.79 Å². The molecule has 1 aliphatic heterocycles. The van der Waals surface area contributed by atoms with Crippen LogP contribution in [-0.2, 0) is 6.61 Å². The van der Waals surface area contributed by atoms with Gasteiger partial charge >= 0.3 is 0 Å². The molecule has 6 nitrogen and oxygen atoms in total. The topological polar surface area (TPSA) is 81.6 Å². The summed E-state index contributed by atoms with van der Waals surface area (Å²) in [5.74, 6) is 0.611. The highest BCUT2D eigenvalue weighted by atomic mass is 35.5. The molecule has 3 rings (SSSR count). The molecular formula is C16H17Cl2N3O3. The van der Waals surface area contributed by atoms with E-state index in [2.05, 4.69) is 5.16 Å². The second kappa shape index (κ2) is 7.42. The molecule has 128 valence electrons. The number of nitrogens with two attached hydrogens (primary N) is 1. The first kappa shape index (κ1) is 17.1. The van der Waals surface area contributed by atoms with Gasteiger partial charge in [-0.05, 0) is 25.0 Å². The average molecular weight is 370 g/mol. The highest BCUT2D eigenvalue weighted by molar-refractivity contribution is 6.37. The van der Waals surface area contributed by atoms with Gasteiger partial charge in [0.1, 0.15) is 6.61 Å². The first-order valence-corrected chi connectivity index (χ1v) is 8.39. The van der Waals surface area contributed by atoms with Crippen molar-refractivity contribution in [2.75, 3.05) is 13.1 Å². The van der Waals surface area contributed by atoms with Gasteiger partial charge in [0.2, 0.25) is 0 Å². The largest absolute Gasteiger partial charge is 0.482 e. The van der Waals surface area contributed by atoms with Gasteiger partial charge < -0.3 is 19.9 Å². The third-order valence-electron chi connectivity index (χ3n) is 3.97. The third-order valence-corrected chi connectivity index (χ3v) is 4.56. The number of amides is 1. The Morgan fingerprint density at radius 2 is 2.17 bits per heavy atom. The van der Waals surface area contributed by atoms with Crippen LogP contribution in [-0.4, -0.2) is 35.1 Å². The van der Waals surface area contributed by atoms with Gasteiger partial charge in [-0.2, -0.15) is 0 Å². The van der Waals surface area contributed by atoms with Crippen LogP contribution in [0.4, 0.5) is 0 Å². The Balaban J connectivity index is 1.66. The minimum Gasteiger partial charge on any atom is -0.482 e. The number of halogens is 2. The van der Waals surface area contributed by atoms with Crippen LogP contribution in [0.25, 0.3) is 0 Å². The Labute approximate surface area is 149 Å². The van der Waals surface area contributed by atoms with Crippen molar-refractivity contribution in [3.8, 4) is 5.75 Å². The highest BCUT2D eigenvalue weighted by Gasteiger charge is 2.30. The van der Waals surface area contributed by atoms with E-state index in [0.717, 1.165) is 12.8 Å². The van der Waals surface area contributed by atoms with Crippen LogP contribution in [0.2, 0.25) is 10.0 Å². The Morgan fingerprint density at radius 3 is 2.88 bits per heavy atom. The first-order valence-electron chi connectivity index (χ1n) is 7.63. The second-order valence-electron chi connectivity index (χ2n) is 5.55. The van der Waals surface area contributed by atoms with Gasteiger partial charge in [-0.1, -0.05) is 34.4 Å². The molecule has 2 heterocycles. The molecule has 1 saturated heterocycles. The van der Waals surface area contributed by atoms with E-state index in [-0.39, 0.29) is 24.2 Å². The summed E-state index contributed by atoms with van der Waals surface area (Å²) in [5, 5.41) is 4.64. The number of hydrogen-bond donors (Lipinski definition) is 1. The second-order valence-corrected chi connectivity index (χ2v) is 6.36. The van der Waals surface area contributed by atoms with Crippen LogP contribution in [0.1, 0.15) is 29.1 Å². The van der Waals surface area contributed by atoms with E-state index in [1.165, 1.54) is 0 Å². The van der Waals surface area contributed by atoms with E-state index in [1.54, 1.807) is 29.2 Å². The normalized spacial score (nSPS) is 17.3. The number of likely N-dealkylation sites (tertiary alicyclic amines) is 1. The minimum absolute atomic E-state index is 0.0656. The number of ether oxygens (including phenoxy) is 1. The summed E-state index contributed by atoms with van der Waals surface area (Å²) in [4.78, 5) is 14.2. The molecule has 0 aliphatic carbocycles. The SMILES string of the molecule is NCC1CCCN1C(=O)c1cc(COc2c(Cl)cccc2Cl)on1. The van der Waals surface area contributed by atoms with E-state index >= 15 is 0 Å².